The van der Waals surface area contributed by atoms with Crippen LogP contribution in [0.5, 0.6) is 5.75 Å². The topological polar surface area (TPSA) is 30.5 Å². The van der Waals surface area contributed by atoms with E-state index in [0.717, 1.165) is 30.6 Å². The van der Waals surface area contributed by atoms with Gasteiger partial charge < -0.3 is 9.47 Å². The summed E-state index contributed by atoms with van der Waals surface area (Å²) in [6.45, 7) is 2.18. The molecule has 0 aliphatic carbocycles. The maximum atomic E-state index is 6.22. The molecular formula is C15H22ClNO2. The second kappa shape index (κ2) is 6.60. The van der Waals surface area contributed by atoms with E-state index in [4.69, 9.17) is 21.1 Å². The van der Waals surface area contributed by atoms with E-state index in [0.29, 0.717) is 10.9 Å². The molecule has 0 spiro atoms. The van der Waals surface area contributed by atoms with Crippen LogP contribution in [0.15, 0.2) is 18.2 Å². The Morgan fingerprint density at radius 2 is 2.26 bits per heavy atom. The highest BCUT2D eigenvalue weighted by molar-refractivity contribution is 6.32. The summed E-state index contributed by atoms with van der Waals surface area (Å²) >= 11 is 6.22. The Morgan fingerprint density at radius 3 is 2.89 bits per heavy atom. The van der Waals surface area contributed by atoms with Gasteiger partial charge in [-0.15, -0.1) is 0 Å². The minimum Gasteiger partial charge on any atom is -0.495 e. The number of halogens is 1. The normalized spacial score (nSPS) is 26.6. The predicted molar refractivity (Wildman–Crippen MR) is 78.0 cm³/mol. The first-order valence-corrected chi connectivity index (χ1v) is 7.24. The molecule has 3 nitrogen and oxygen atoms in total. The smallest absolute Gasteiger partial charge is 0.141 e. The van der Waals surface area contributed by atoms with Crippen molar-refractivity contribution in [2.24, 2.45) is 0 Å². The first-order valence-electron chi connectivity index (χ1n) is 6.86. The van der Waals surface area contributed by atoms with E-state index in [1.54, 1.807) is 7.11 Å². The van der Waals surface area contributed by atoms with Crippen LogP contribution in [0.2, 0.25) is 5.02 Å². The van der Waals surface area contributed by atoms with Crippen LogP contribution in [0.25, 0.3) is 0 Å². The van der Waals surface area contributed by atoms with Gasteiger partial charge in [0.2, 0.25) is 0 Å². The number of hydrogen-bond acceptors (Lipinski definition) is 3. The zero-order chi connectivity index (χ0) is 13.8. The maximum absolute atomic E-state index is 6.22. The molecule has 1 aromatic rings. The number of rotatable bonds is 5. The Balaban J connectivity index is 2.30. The van der Waals surface area contributed by atoms with Gasteiger partial charge >= 0.3 is 0 Å². The quantitative estimate of drug-likeness (QED) is 0.896. The second-order valence-corrected chi connectivity index (χ2v) is 5.35. The molecule has 1 aromatic carbocycles. The molecule has 0 radical (unpaired) electrons. The van der Waals surface area contributed by atoms with Crippen molar-refractivity contribution in [2.75, 3.05) is 14.2 Å². The minimum absolute atomic E-state index is 0.116. The molecule has 3 unspecified atom stereocenters. The van der Waals surface area contributed by atoms with Gasteiger partial charge in [0.1, 0.15) is 12.0 Å². The molecule has 1 aliphatic heterocycles. The van der Waals surface area contributed by atoms with Gasteiger partial charge in [-0.3, -0.25) is 5.32 Å². The average Bonchev–Trinajstić information content (AvgIpc) is 2.82. The van der Waals surface area contributed by atoms with Crippen molar-refractivity contribution in [1.29, 1.82) is 0 Å². The summed E-state index contributed by atoms with van der Waals surface area (Å²) in [5.41, 5.74) is 1.16. The lowest BCUT2D eigenvalue weighted by atomic mass is 9.89. The summed E-state index contributed by atoms with van der Waals surface area (Å²) in [7, 11) is 3.61. The van der Waals surface area contributed by atoms with Gasteiger partial charge in [-0.25, -0.2) is 0 Å². The molecule has 1 aliphatic rings. The standard InChI is InChI=1S/C15H22ClNO2/c1-4-6-13-11(9-14(17-2)19-13)10-7-5-8-12(16)15(10)18-3/h5,7-8,11,13-14,17H,4,6,9H2,1-3H3. The lowest BCUT2D eigenvalue weighted by molar-refractivity contribution is 0.0223. The molecule has 1 heterocycles. The van der Waals surface area contributed by atoms with Crippen molar-refractivity contribution in [3.8, 4) is 5.75 Å². The van der Waals surface area contributed by atoms with Crippen LogP contribution in [-0.4, -0.2) is 26.5 Å². The van der Waals surface area contributed by atoms with E-state index in [1.165, 1.54) is 0 Å². The highest BCUT2D eigenvalue weighted by Crippen LogP contribution is 2.42. The SMILES string of the molecule is CCCC1OC(NC)CC1c1cccc(Cl)c1OC. The summed E-state index contributed by atoms with van der Waals surface area (Å²) in [4.78, 5) is 0. The molecule has 0 saturated carbocycles. The van der Waals surface area contributed by atoms with Crippen LogP contribution in [0.1, 0.15) is 37.7 Å². The number of nitrogens with one attached hydrogen (secondary N) is 1. The average molecular weight is 284 g/mol. The molecular weight excluding hydrogens is 262 g/mol. The van der Waals surface area contributed by atoms with Crippen LogP contribution in [-0.2, 0) is 4.74 Å². The Bertz CT molecular complexity index is 425. The molecule has 106 valence electrons. The Morgan fingerprint density at radius 1 is 1.47 bits per heavy atom. The third-order valence-electron chi connectivity index (χ3n) is 3.75. The van der Waals surface area contributed by atoms with Crippen molar-refractivity contribution >= 4 is 11.6 Å². The van der Waals surface area contributed by atoms with E-state index in [-0.39, 0.29) is 12.3 Å². The predicted octanol–water partition coefficient (Wildman–Crippen LogP) is 3.57. The van der Waals surface area contributed by atoms with Crippen molar-refractivity contribution < 1.29 is 9.47 Å². The van der Waals surface area contributed by atoms with E-state index in [9.17, 15) is 0 Å². The van der Waals surface area contributed by atoms with Gasteiger partial charge in [0.05, 0.1) is 18.2 Å². The van der Waals surface area contributed by atoms with Crippen LogP contribution >= 0.6 is 11.6 Å². The minimum atomic E-state index is 0.116. The summed E-state index contributed by atoms with van der Waals surface area (Å²) in [5, 5.41) is 3.88. The number of ether oxygens (including phenoxy) is 2. The highest BCUT2D eigenvalue weighted by Gasteiger charge is 2.36. The highest BCUT2D eigenvalue weighted by atomic mass is 35.5. The van der Waals surface area contributed by atoms with Gasteiger partial charge in [-0.05, 0) is 26.0 Å². The molecule has 3 atom stereocenters. The fraction of sp³-hybridized carbons (Fsp3) is 0.600. The van der Waals surface area contributed by atoms with E-state index < -0.39 is 0 Å². The summed E-state index contributed by atoms with van der Waals surface area (Å²) < 4.78 is 11.5. The maximum Gasteiger partial charge on any atom is 0.141 e. The largest absolute Gasteiger partial charge is 0.495 e. The van der Waals surface area contributed by atoms with Crippen molar-refractivity contribution in [2.45, 2.75) is 44.4 Å². The van der Waals surface area contributed by atoms with Gasteiger partial charge in [0.15, 0.2) is 0 Å². The van der Waals surface area contributed by atoms with Crippen LogP contribution < -0.4 is 10.1 Å². The first kappa shape index (κ1) is 14.6. The molecule has 1 N–H and O–H groups in total. The van der Waals surface area contributed by atoms with E-state index >= 15 is 0 Å². The number of hydrogen-bond donors (Lipinski definition) is 1. The molecule has 19 heavy (non-hydrogen) atoms. The Kier molecular flexibility index (Phi) is 5.08. The molecule has 4 heteroatoms. The Labute approximate surface area is 120 Å². The third-order valence-corrected chi connectivity index (χ3v) is 4.05. The number of para-hydroxylation sites is 1. The monoisotopic (exact) mass is 283 g/mol. The van der Waals surface area contributed by atoms with Crippen molar-refractivity contribution in [1.82, 2.24) is 5.32 Å². The second-order valence-electron chi connectivity index (χ2n) is 4.95. The Hall–Kier alpha value is -0.770. The number of methoxy groups -OCH3 is 1. The number of benzene rings is 1. The van der Waals surface area contributed by atoms with E-state index in [2.05, 4.69) is 18.3 Å². The van der Waals surface area contributed by atoms with Crippen LogP contribution in [0, 0.1) is 0 Å². The lowest BCUT2D eigenvalue weighted by Gasteiger charge is -2.20. The van der Waals surface area contributed by atoms with Crippen molar-refractivity contribution in [3.05, 3.63) is 28.8 Å². The van der Waals surface area contributed by atoms with Crippen molar-refractivity contribution in [3.63, 3.8) is 0 Å². The molecule has 1 fully saturated rings. The summed E-state index contributed by atoms with van der Waals surface area (Å²) in [6, 6.07) is 5.94. The summed E-state index contributed by atoms with van der Waals surface area (Å²) in [6.07, 6.45) is 3.47. The van der Waals surface area contributed by atoms with E-state index in [1.807, 2.05) is 19.2 Å². The van der Waals surface area contributed by atoms with Crippen LogP contribution in [0.3, 0.4) is 0 Å². The molecule has 0 bridgehead atoms. The summed E-state index contributed by atoms with van der Waals surface area (Å²) in [5.74, 6) is 1.13. The molecule has 0 aromatic heterocycles. The van der Waals surface area contributed by atoms with Gasteiger partial charge in [-0.2, -0.15) is 0 Å². The third kappa shape index (κ3) is 3.04. The fourth-order valence-electron chi connectivity index (χ4n) is 2.84. The van der Waals surface area contributed by atoms with Gasteiger partial charge in [0, 0.05) is 11.5 Å². The fourth-order valence-corrected chi connectivity index (χ4v) is 3.10. The molecule has 0 amide bonds. The van der Waals surface area contributed by atoms with Crippen LogP contribution in [0.4, 0.5) is 0 Å². The zero-order valence-electron chi connectivity index (χ0n) is 11.8. The molecule has 2 rings (SSSR count). The zero-order valence-corrected chi connectivity index (χ0v) is 12.5. The van der Waals surface area contributed by atoms with Gasteiger partial charge in [0.25, 0.3) is 0 Å². The van der Waals surface area contributed by atoms with Gasteiger partial charge in [-0.1, -0.05) is 37.1 Å². The molecule has 1 saturated heterocycles. The first-order chi connectivity index (χ1) is 9.21. The lowest BCUT2D eigenvalue weighted by Crippen LogP contribution is -2.24.